The fraction of sp³-hybridized carbons (Fsp3) is 0.0667. The van der Waals surface area contributed by atoms with Gasteiger partial charge < -0.3 is 14.2 Å². The molecule has 3 aromatic rings. The number of furan rings is 1. The fourth-order valence-corrected chi connectivity index (χ4v) is 2.34. The van der Waals surface area contributed by atoms with E-state index >= 15 is 0 Å². The van der Waals surface area contributed by atoms with Gasteiger partial charge in [-0.2, -0.15) is 10.2 Å². The lowest BCUT2D eigenvalue weighted by molar-refractivity contribution is 0.509. The van der Waals surface area contributed by atoms with Crippen LogP contribution in [0.4, 0.5) is 5.88 Å². The highest BCUT2D eigenvalue weighted by Crippen LogP contribution is 2.20. The van der Waals surface area contributed by atoms with Crippen molar-refractivity contribution < 1.29 is 8.83 Å². The molecule has 6 heteroatoms. The lowest BCUT2D eigenvalue weighted by Crippen LogP contribution is -1.98. The quantitative estimate of drug-likeness (QED) is 0.770. The minimum absolute atomic E-state index is 0.229. The molecule has 0 fully saturated rings. The smallest absolute Gasteiger partial charge is 0.232 e. The summed E-state index contributed by atoms with van der Waals surface area (Å²) < 4.78 is 10.7. The van der Waals surface area contributed by atoms with Crippen molar-refractivity contribution in [3.8, 4) is 6.07 Å². The highest BCUT2D eigenvalue weighted by Gasteiger charge is 2.11. The Bertz CT molecular complexity index is 765. The summed E-state index contributed by atoms with van der Waals surface area (Å²) in [5.41, 5.74) is 0.229. The van der Waals surface area contributed by atoms with E-state index in [0.717, 1.165) is 10.6 Å². The maximum Gasteiger partial charge on any atom is 0.232 e. The van der Waals surface area contributed by atoms with Gasteiger partial charge in [-0.15, -0.1) is 11.3 Å². The van der Waals surface area contributed by atoms with E-state index in [1.807, 2.05) is 35.7 Å². The zero-order valence-electron chi connectivity index (χ0n) is 10.9. The highest BCUT2D eigenvalue weighted by atomic mass is 32.1. The maximum absolute atomic E-state index is 9.08. The third-order valence-corrected chi connectivity index (χ3v) is 3.52. The summed E-state index contributed by atoms with van der Waals surface area (Å²) in [6.45, 7) is 0.435. The van der Waals surface area contributed by atoms with E-state index in [2.05, 4.69) is 10.3 Å². The van der Waals surface area contributed by atoms with Gasteiger partial charge in [0.2, 0.25) is 17.5 Å². The molecule has 0 aliphatic carbocycles. The second-order valence-corrected chi connectivity index (χ2v) is 5.10. The number of rotatable bonds is 5. The SMILES string of the molecule is N#Cc1nc(C=Cc2cccs2)oc1NCc1ccco1. The van der Waals surface area contributed by atoms with Crippen molar-refractivity contribution in [2.45, 2.75) is 6.54 Å². The molecular formula is C15H11N3O2S. The van der Waals surface area contributed by atoms with Crippen LogP contribution in [0.5, 0.6) is 0 Å². The van der Waals surface area contributed by atoms with Crippen LogP contribution in [0.25, 0.3) is 12.2 Å². The number of aromatic nitrogens is 1. The van der Waals surface area contributed by atoms with E-state index < -0.39 is 0 Å². The lowest BCUT2D eigenvalue weighted by Gasteiger charge is -1.98. The van der Waals surface area contributed by atoms with Crippen molar-refractivity contribution in [1.29, 1.82) is 5.26 Å². The van der Waals surface area contributed by atoms with Crippen molar-refractivity contribution in [3.63, 3.8) is 0 Å². The summed E-state index contributed by atoms with van der Waals surface area (Å²) in [4.78, 5) is 5.22. The fourth-order valence-electron chi connectivity index (χ4n) is 1.72. The van der Waals surface area contributed by atoms with Crippen LogP contribution in [-0.4, -0.2) is 4.98 Å². The van der Waals surface area contributed by atoms with Crippen molar-refractivity contribution in [3.05, 3.63) is 58.1 Å². The Labute approximate surface area is 125 Å². The van der Waals surface area contributed by atoms with Gasteiger partial charge in [0.25, 0.3) is 0 Å². The Hall–Kier alpha value is -2.78. The molecule has 21 heavy (non-hydrogen) atoms. The van der Waals surface area contributed by atoms with Gasteiger partial charge in [0.15, 0.2) is 0 Å². The van der Waals surface area contributed by atoms with Gasteiger partial charge in [0.1, 0.15) is 11.8 Å². The third kappa shape index (κ3) is 3.22. The first kappa shape index (κ1) is 13.2. The Morgan fingerprint density at radius 3 is 3.00 bits per heavy atom. The number of oxazole rings is 1. The molecule has 0 aliphatic heterocycles. The predicted octanol–water partition coefficient (Wildman–Crippen LogP) is 3.98. The number of hydrogen-bond acceptors (Lipinski definition) is 6. The molecule has 0 amide bonds. The number of anilines is 1. The second kappa shape index (κ2) is 6.11. The van der Waals surface area contributed by atoms with E-state index in [1.54, 1.807) is 29.7 Å². The zero-order chi connectivity index (χ0) is 14.5. The topological polar surface area (TPSA) is 75.0 Å². The van der Waals surface area contributed by atoms with E-state index in [-0.39, 0.29) is 5.69 Å². The van der Waals surface area contributed by atoms with Crippen LogP contribution in [0.2, 0.25) is 0 Å². The first-order valence-corrected chi connectivity index (χ1v) is 7.12. The van der Waals surface area contributed by atoms with Crippen LogP contribution < -0.4 is 5.32 Å². The van der Waals surface area contributed by atoms with Gasteiger partial charge in [-0.3, -0.25) is 0 Å². The normalized spacial score (nSPS) is 10.8. The number of nitriles is 1. The van der Waals surface area contributed by atoms with Crippen LogP contribution in [0.15, 0.2) is 44.7 Å². The monoisotopic (exact) mass is 297 g/mol. The van der Waals surface area contributed by atoms with E-state index in [1.165, 1.54) is 0 Å². The molecular weight excluding hydrogens is 286 g/mol. The molecule has 5 nitrogen and oxygen atoms in total. The Morgan fingerprint density at radius 1 is 1.33 bits per heavy atom. The Balaban J connectivity index is 1.73. The summed E-state index contributed by atoms with van der Waals surface area (Å²) >= 11 is 1.62. The Morgan fingerprint density at radius 2 is 2.29 bits per heavy atom. The molecule has 0 saturated carbocycles. The van der Waals surface area contributed by atoms with Gasteiger partial charge in [-0.25, -0.2) is 0 Å². The van der Waals surface area contributed by atoms with E-state index in [4.69, 9.17) is 14.1 Å². The summed E-state index contributed by atoms with van der Waals surface area (Å²) in [5, 5.41) is 14.1. The number of hydrogen-bond donors (Lipinski definition) is 1. The average Bonchev–Trinajstić information content (AvgIpc) is 3.23. The first-order valence-electron chi connectivity index (χ1n) is 6.24. The van der Waals surface area contributed by atoms with Gasteiger partial charge in [0, 0.05) is 11.0 Å². The minimum Gasteiger partial charge on any atom is -0.467 e. The van der Waals surface area contributed by atoms with Crippen molar-refractivity contribution in [2.24, 2.45) is 0 Å². The number of nitrogens with one attached hydrogen (secondary N) is 1. The van der Waals surface area contributed by atoms with Gasteiger partial charge in [-0.1, -0.05) is 6.07 Å². The number of thiophene rings is 1. The molecule has 3 aromatic heterocycles. The molecule has 0 saturated heterocycles. The zero-order valence-corrected chi connectivity index (χ0v) is 11.8. The van der Waals surface area contributed by atoms with Crippen LogP contribution in [0, 0.1) is 11.3 Å². The van der Waals surface area contributed by atoms with Crippen molar-refractivity contribution in [1.82, 2.24) is 4.98 Å². The van der Waals surface area contributed by atoms with Gasteiger partial charge >= 0.3 is 0 Å². The summed E-state index contributed by atoms with van der Waals surface area (Å²) in [5.74, 6) is 1.49. The molecule has 0 atom stereocenters. The summed E-state index contributed by atoms with van der Waals surface area (Å²) in [6.07, 6.45) is 5.23. The van der Waals surface area contributed by atoms with E-state index in [9.17, 15) is 0 Å². The molecule has 3 heterocycles. The van der Waals surface area contributed by atoms with Crippen LogP contribution >= 0.6 is 11.3 Å². The third-order valence-electron chi connectivity index (χ3n) is 2.69. The van der Waals surface area contributed by atoms with Gasteiger partial charge in [-0.05, 0) is 29.7 Å². The molecule has 0 bridgehead atoms. The maximum atomic E-state index is 9.08. The molecule has 1 N–H and O–H groups in total. The van der Waals surface area contributed by atoms with Crippen molar-refractivity contribution >= 4 is 29.4 Å². The van der Waals surface area contributed by atoms with Crippen molar-refractivity contribution in [2.75, 3.05) is 5.32 Å². The molecule has 0 aliphatic rings. The molecule has 0 aromatic carbocycles. The summed E-state index contributed by atoms with van der Waals surface area (Å²) in [7, 11) is 0. The van der Waals surface area contributed by atoms with Gasteiger partial charge in [0.05, 0.1) is 12.8 Å². The Kier molecular flexibility index (Phi) is 3.85. The first-order chi connectivity index (χ1) is 10.3. The summed E-state index contributed by atoms with van der Waals surface area (Å²) in [6, 6.07) is 9.61. The van der Waals surface area contributed by atoms with Crippen LogP contribution in [-0.2, 0) is 6.54 Å². The molecule has 3 rings (SSSR count). The number of nitrogens with zero attached hydrogens (tertiary/aromatic N) is 2. The minimum atomic E-state index is 0.229. The predicted molar refractivity (Wildman–Crippen MR) is 80.5 cm³/mol. The molecule has 104 valence electrons. The largest absolute Gasteiger partial charge is 0.467 e. The average molecular weight is 297 g/mol. The second-order valence-electron chi connectivity index (χ2n) is 4.12. The standard InChI is InChI=1S/C15H11N3O2S/c16-9-13-15(17-10-11-3-1-7-19-11)20-14(18-13)6-5-12-4-2-8-21-12/h1-8,17H,10H2. The highest BCUT2D eigenvalue weighted by molar-refractivity contribution is 7.10. The van der Waals surface area contributed by atoms with E-state index in [0.29, 0.717) is 18.3 Å². The molecule has 0 unspecified atom stereocenters. The lowest BCUT2D eigenvalue weighted by atomic mass is 10.4. The molecule has 0 radical (unpaired) electrons. The van der Waals surface area contributed by atoms with Crippen LogP contribution in [0.1, 0.15) is 22.2 Å². The van der Waals surface area contributed by atoms with Crippen LogP contribution in [0.3, 0.4) is 0 Å². The molecule has 0 spiro atoms.